The third kappa shape index (κ3) is 3.89. The molecule has 0 spiro atoms. The highest BCUT2D eigenvalue weighted by Gasteiger charge is 2.20. The van der Waals surface area contributed by atoms with Gasteiger partial charge in [0.1, 0.15) is 16.7 Å². The summed E-state index contributed by atoms with van der Waals surface area (Å²) in [5.74, 6) is 2.27. The Kier molecular flexibility index (Phi) is 5.40. The molecule has 0 atom stereocenters. The van der Waals surface area contributed by atoms with Crippen molar-refractivity contribution in [2.45, 2.75) is 0 Å². The van der Waals surface area contributed by atoms with Crippen molar-refractivity contribution in [1.29, 1.82) is 0 Å². The summed E-state index contributed by atoms with van der Waals surface area (Å²) in [7, 11) is 0. The van der Waals surface area contributed by atoms with Crippen LogP contribution in [-0.2, 0) is 0 Å². The molecule has 0 fully saturated rings. The van der Waals surface area contributed by atoms with Crippen molar-refractivity contribution in [3.63, 3.8) is 0 Å². The third-order valence-electron chi connectivity index (χ3n) is 7.97. The van der Waals surface area contributed by atoms with Crippen LogP contribution in [0, 0.1) is 0 Å². The number of hydrogen-bond donors (Lipinski definition) is 0. The first kappa shape index (κ1) is 24.5. The fourth-order valence-electron chi connectivity index (χ4n) is 5.94. The number of oxazole rings is 1. The number of benzene rings is 6. The maximum absolute atomic E-state index is 6.46. The van der Waals surface area contributed by atoms with Crippen LogP contribution in [0.4, 0.5) is 0 Å². The second-order valence-electron chi connectivity index (χ2n) is 10.7. The molecular formula is C38H22N4O2. The second kappa shape index (κ2) is 9.71. The molecule has 0 unspecified atom stereocenters. The van der Waals surface area contributed by atoms with E-state index in [0.717, 1.165) is 60.5 Å². The molecule has 6 aromatic carbocycles. The highest BCUT2D eigenvalue weighted by Crippen LogP contribution is 2.39. The Morgan fingerprint density at radius 1 is 0.409 bits per heavy atom. The van der Waals surface area contributed by atoms with Gasteiger partial charge in [-0.3, -0.25) is 0 Å². The lowest BCUT2D eigenvalue weighted by Crippen LogP contribution is -2.01. The quantitative estimate of drug-likeness (QED) is 0.211. The standard InChI is InChI=1S/C38H22N4O2/c1-3-11-24(12-4-1)35-40-36(42-37(41-35)28-18-10-20-31-33(28)26-16-7-8-19-30(26)43-31)27-17-9-15-23-21-22-29-34(32(23)27)44-38(39-29)25-13-5-2-6-14-25/h1-22H. The van der Waals surface area contributed by atoms with Gasteiger partial charge in [0.25, 0.3) is 0 Å². The number of furan rings is 1. The number of nitrogens with zero attached hydrogens (tertiary/aromatic N) is 4. The Bertz CT molecular complexity index is 2500. The summed E-state index contributed by atoms with van der Waals surface area (Å²) >= 11 is 0. The van der Waals surface area contributed by atoms with E-state index in [-0.39, 0.29) is 0 Å². The van der Waals surface area contributed by atoms with Crippen molar-refractivity contribution in [3.05, 3.63) is 133 Å². The zero-order chi connectivity index (χ0) is 29.0. The molecule has 0 N–H and O–H groups in total. The number of para-hydroxylation sites is 1. The largest absolute Gasteiger partial charge is 0.456 e. The molecule has 0 saturated heterocycles. The smallest absolute Gasteiger partial charge is 0.227 e. The fourth-order valence-corrected chi connectivity index (χ4v) is 5.94. The van der Waals surface area contributed by atoms with Crippen molar-refractivity contribution in [3.8, 4) is 45.6 Å². The molecule has 9 rings (SSSR count). The summed E-state index contributed by atoms with van der Waals surface area (Å²) in [6.45, 7) is 0. The molecule has 0 aliphatic carbocycles. The van der Waals surface area contributed by atoms with Crippen molar-refractivity contribution in [2.75, 3.05) is 0 Å². The van der Waals surface area contributed by atoms with Crippen LogP contribution >= 0.6 is 0 Å². The normalized spacial score (nSPS) is 11.6. The van der Waals surface area contributed by atoms with Gasteiger partial charge in [0.05, 0.1) is 0 Å². The van der Waals surface area contributed by atoms with E-state index in [0.29, 0.717) is 28.9 Å². The Labute approximate surface area is 251 Å². The molecule has 3 heterocycles. The molecular weight excluding hydrogens is 544 g/mol. The molecule has 0 bridgehead atoms. The van der Waals surface area contributed by atoms with Gasteiger partial charge in [0.2, 0.25) is 5.89 Å². The Balaban J connectivity index is 1.33. The van der Waals surface area contributed by atoms with Gasteiger partial charge in [-0.2, -0.15) is 0 Å². The van der Waals surface area contributed by atoms with Crippen LogP contribution in [0.15, 0.2) is 142 Å². The lowest BCUT2D eigenvalue weighted by atomic mass is 10.0. The van der Waals surface area contributed by atoms with Gasteiger partial charge < -0.3 is 8.83 Å². The van der Waals surface area contributed by atoms with Gasteiger partial charge in [-0.25, -0.2) is 19.9 Å². The van der Waals surface area contributed by atoms with Crippen molar-refractivity contribution >= 4 is 43.8 Å². The van der Waals surface area contributed by atoms with E-state index in [4.69, 9.17) is 28.8 Å². The highest BCUT2D eigenvalue weighted by atomic mass is 16.3. The van der Waals surface area contributed by atoms with Crippen molar-refractivity contribution in [2.24, 2.45) is 0 Å². The number of rotatable bonds is 4. The van der Waals surface area contributed by atoms with Gasteiger partial charge in [0.15, 0.2) is 23.1 Å². The van der Waals surface area contributed by atoms with E-state index in [1.807, 2.05) is 115 Å². The minimum absolute atomic E-state index is 0.550. The predicted molar refractivity (Wildman–Crippen MR) is 174 cm³/mol. The van der Waals surface area contributed by atoms with Gasteiger partial charge in [-0.05, 0) is 35.7 Å². The van der Waals surface area contributed by atoms with E-state index in [9.17, 15) is 0 Å². The Morgan fingerprint density at radius 3 is 1.84 bits per heavy atom. The highest BCUT2D eigenvalue weighted by molar-refractivity contribution is 6.13. The minimum Gasteiger partial charge on any atom is -0.456 e. The molecule has 206 valence electrons. The molecule has 0 aliphatic heterocycles. The molecule has 0 radical (unpaired) electrons. The van der Waals surface area contributed by atoms with Gasteiger partial charge in [-0.1, -0.05) is 103 Å². The number of hydrogen-bond acceptors (Lipinski definition) is 6. The zero-order valence-electron chi connectivity index (χ0n) is 23.3. The summed E-state index contributed by atoms with van der Waals surface area (Å²) in [5, 5.41) is 3.91. The minimum atomic E-state index is 0.550. The molecule has 0 saturated carbocycles. The lowest BCUT2D eigenvalue weighted by Gasteiger charge is -2.11. The van der Waals surface area contributed by atoms with E-state index < -0.39 is 0 Å². The van der Waals surface area contributed by atoms with Crippen LogP contribution in [-0.4, -0.2) is 19.9 Å². The fraction of sp³-hybridized carbons (Fsp3) is 0. The average molecular weight is 567 g/mol. The summed E-state index contributed by atoms with van der Waals surface area (Å²) < 4.78 is 12.7. The summed E-state index contributed by atoms with van der Waals surface area (Å²) in [5.41, 5.74) is 6.62. The second-order valence-corrected chi connectivity index (χ2v) is 10.7. The Morgan fingerprint density at radius 2 is 1.05 bits per heavy atom. The predicted octanol–water partition coefficient (Wildman–Crippen LogP) is 9.73. The molecule has 6 nitrogen and oxygen atoms in total. The molecule has 3 aromatic heterocycles. The first-order valence-corrected chi connectivity index (χ1v) is 14.4. The first-order chi connectivity index (χ1) is 21.8. The van der Waals surface area contributed by atoms with Crippen molar-refractivity contribution in [1.82, 2.24) is 19.9 Å². The summed E-state index contributed by atoms with van der Waals surface area (Å²) in [6.07, 6.45) is 0. The topological polar surface area (TPSA) is 77.8 Å². The monoisotopic (exact) mass is 566 g/mol. The lowest BCUT2D eigenvalue weighted by molar-refractivity contribution is 0.623. The molecule has 6 heteroatoms. The van der Waals surface area contributed by atoms with E-state index in [1.165, 1.54) is 0 Å². The van der Waals surface area contributed by atoms with Gasteiger partial charge in [-0.15, -0.1) is 0 Å². The summed E-state index contributed by atoms with van der Waals surface area (Å²) in [4.78, 5) is 20.0. The maximum Gasteiger partial charge on any atom is 0.227 e. The van der Waals surface area contributed by atoms with E-state index >= 15 is 0 Å². The van der Waals surface area contributed by atoms with Crippen LogP contribution < -0.4 is 0 Å². The average Bonchev–Trinajstić information content (AvgIpc) is 3.71. The zero-order valence-corrected chi connectivity index (χ0v) is 23.3. The molecule has 0 aliphatic rings. The molecule has 44 heavy (non-hydrogen) atoms. The molecule has 9 aromatic rings. The van der Waals surface area contributed by atoms with Crippen LogP contribution in [0.5, 0.6) is 0 Å². The van der Waals surface area contributed by atoms with Gasteiger partial charge in [0, 0.05) is 38.4 Å². The van der Waals surface area contributed by atoms with Crippen LogP contribution in [0.3, 0.4) is 0 Å². The maximum atomic E-state index is 6.46. The van der Waals surface area contributed by atoms with Crippen LogP contribution in [0.2, 0.25) is 0 Å². The number of aromatic nitrogens is 4. The Hall–Kier alpha value is -6.14. The van der Waals surface area contributed by atoms with E-state index in [2.05, 4.69) is 18.2 Å². The third-order valence-corrected chi connectivity index (χ3v) is 7.97. The van der Waals surface area contributed by atoms with E-state index in [1.54, 1.807) is 0 Å². The molecule has 0 amide bonds. The number of fused-ring (bicyclic) bond motifs is 6. The van der Waals surface area contributed by atoms with Crippen LogP contribution in [0.1, 0.15) is 0 Å². The SMILES string of the molecule is c1ccc(-c2nc(-c3cccc4oc5ccccc5c34)nc(-c3cccc4ccc5nc(-c6ccccc6)oc5c34)n2)cc1. The first-order valence-electron chi connectivity index (χ1n) is 14.4. The van der Waals surface area contributed by atoms with Gasteiger partial charge >= 0.3 is 0 Å². The van der Waals surface area contributed by atoms with Crippen LogP contribution in [0.25, 0.3) is 89.4 Å². The summed E-state index contributed by atoms with van der Waals surface area (Å²) in [6, 6.07) is 44.2. The van der Waals surface area contributed by atoms with Crippen molar-refractivity contribution < 1.29 is 8.83 Å².